The molecule has 0 saturated heterocycles. The van der Waals surface area contributed by atoms with E-state index in [1.54, 1.807) is 57.2 Å². The summed E-state index contributed by atoms with van der Waals surface area (Å²) in [7, 11) is 1.52. The summed E-state index contributed by atoms with van der Waals surface area (Å²) < 4.78 is 16.7. The van der Waals surface area contributed by atoms with Gasteiger partial charge in [-0.3, -0.25) is 9.59 Å². The lowest BCUT2D eigenvalue weighted by Crippen LogP contribution is -2.62. The fourth-order valence-corrected chi connectivity index (χ4v) is 7.69. The molecule has 0 amide bonds. The van der Waals surface area contributed by atoms with Gasteiger partial charge in [-0.2, -0.15) is 0 Å². The van der Waals surface area contributed by atoms with Crippen molar-refractivity contribution in [1.82, 2.24) is 0 Å². The van der Waals surface area contributed by atoms with E-state index in [-0.39, 0.29) is 42.1 Å². The van der Waals surface area contributed by atoms with Gasteiger partial charge in [-0.1, -0.05) is 31.2 Å². The fraction of sp³-hybridized carbons (Fsp3) is 0.486. The van der Waals surface area contributed by atoms with Gasteiger partial charge in [0.2, 0.25) is 5.78 Å². The summed E-state index contributed by atoms with van der Waals surface area (Å²) in [5, 5.41) is 80.4. The molecule has 5 rings (SSSR count). The van der Waals surface area contributed by atoms with Crippen LogP contribution in [0.25, 0.3) is 0 Å². The van der Waals surface area contributed by atoms with Crippen molar-refractivity contribution in [2.45, 2.75) is 76.2 Å². The van der Waals surface area contributed by atoms with Crippen LogP contribution in [-0.2, 0) is 25.5 Å². The predicted molar refractivity (Wildman–Crippen MR) is 167 cm³/mol. The minimum Gasteiger partial charge on any atom is -0.511 e. The Balaban J connectivity index is 1.63. The van der Waals surface area contributed by atoms with Crippen LogP contribution < -0.4 is 4.74 Å². The molecule has 0 aliphatic heterocycles. The van der Waals surface area contributed by atoms with E-state index in [2.05, 4.69) is 0 Å². The van der Waals surface area contributed by atoms with E-state index >= 15 is 0 Å². The Morgan fingerprint density at radius 1 is 1.04 bits per heavy atom. The van der Waals surface area contributed by atoms with Crippen LogP contribution in [0.4, 0.5) is 0 Å². The molecule has 0 radical (unpaired) electrons. The van der Waals surface area contributed by atoms with Crippen molar-refractivity contribution in [3.05, 3.63) is 81.3 Å². The highest BCUT2D eigenvalue weighted by Gasteiger charge is 2.63. The molecule has 12 nitrogen and oxygen atoms in total. The molecule has 47 heavy (non-hydrogen) atoms. The molecule has 12 heteroatoms. The van der Waals surface area contributed by atoms with Crippen molar-refractivity contribution in [3.8, 4) is 11.5 Å². The number of Topliss-reactive ketones (excluding diaryl/α,β-unsaturated/α-hetero) is 2. The number of carbonyl (C=O) groups is 2. The van der Waals surface area contributed by atoms with Crippen molar-refractivity contribution in [2.24, 2.45) is 11.8 Å². The van der Waals surface area contributed by atoms with Crippen molar-refractivity contribution in [1.29, 1.82) is 0 Å². The SMILES string of the molecule is CCOC(O)(OCC)C(Cc1ccc2c(c1O)C(O)C1=C(O)C3(O)C(=O)C(C(C)=O)=C(O)CC3C(O)C1C2C)c1ccc(OC)cc1. The van der Waals surface area contributed by atoms with Crippen LogP contribution in [-0.4, -0.2) is 85.3 Å². The summed E-state index contributed by atoms with van der Waals surface area (Å²) >= 11 is 0. The summed E-state index contributed by atoms with van der Waals surface area (Å²) in [6.07, 6.45) is -3.81. The smallest absolute Gasteiger partial charge is 0.287 e. The number of benzene rings is 2. The van der Waals surface area contributed by atoms with Crippen LogP contribution in [0.2, 0.25) is 0 Å². The number of methoxy groups -OCH3 is 1. The first-order valence-electron chi connectivity index (χ1n) is 15.7. The highest BCUT2D eigenvalue weighted by Crippen LogP contribution is 2.58. The van der Waals surface area contributed by atoms with E-state index in [0.717, 1.165) is 6.92 Å². The highest BCUT2D eigenvalue weighted by atomic mass is 16.8. The minimum absolute atomic E-state index is 0.0136. The molecule has 0 bridgehead atoms. The minimum atomic E-state index is -2.80. The Labute approximate surface area is 272 Å². The Kier molecular flexibility index (Phi) is 9.32. The molecule has 0 spiro atoms. The Hall–Kier alpha value is -3.78. The van der Waals surface area contributed by atoms with Gasteiger partial charge in [-0.05, 0) is 61.9 Å². The average molecular weight is 655 g/mol. The van der Waals surface area contributed by atoms with Gasteiger partial charge >= 0.3 is 0 Å². The topological polar surface area (TPSA) is 203 Å². The maximum absolute atomic E-state index is 13.4. The van der Waals surface area contributed by atoms with Gasteiger partial charge in [0.05, 0.1) is 19.1 Å². The Bertz CT molecular complexity index is 1620. The lowest BCUT2D eigenvalue weighted by molar-refractivity contribution is -0.369. The number of hydrogen-bond acceptors (Lipinski definition) is 12. The number of carbonyl (C=O) groups excluding carboxylic acids is 2. The van der Waals surface area contributed by atoms with Crippen LogP contribution in [0.3, 0.4) is 0 Å². The maximum atomic E-state index is 13.4. The number of phenols is 1. The fourth-order valence-electron chi connectivity index (χ4n) is 7.69. The number of aliphatic hydroxyl groups excluding tert-OH is 4. The van der Waals surface area contributed by atoms with Crippen molar-refractivity contribution in [3.63, 3.8) is 0 Å². The normalized spacial score (nSPS) is 28.0. The number of hydrogen-bond donors (Lipinski definition) is 7. The second-order valence-electron chi connectivity index (χ2n) is 12.4. The quantitative estimate of drug-likeness (QED) is 0.146. The second-order valence-corrected chi connectivity index (χ2v) is 12.4. The second kappa shape index (κ2) is 12.7. The number of fused-ring (bicyclic) bond motifs is 3. The first-order valence-corrected chi connectivity index (χ1v) is 15.7. The lowest BCUT2D eigenvalue weighted by atomic mass is 9.56. The molecular weight excluding hydrogens is 612 g/mol. The molecule has 0 aromatic heterocycles. The van der Waals surface area contributed by atoms with Gasteiger partial charge in [-0.15, -0.1) is 0 Å². The number of phenolic OH excluding ortho intramolecular Hbond substituents is 1. The molecule has 0 heterocycles. The number of allylic oxidation sites excluding steroid dienone is 1. The van der Waals surface area contributed by atoms with Crippen LogP contribution in [0.15, 0.2) is 59.1 Å². The van der Waals surface area contributed by atoms with E-state index < -0.39 is 82.5 Å². The molecule has 0 saturated carbocycles. The van der Waals surface area contributed by atoms with Gasteiger partial charge in [0.25, 0.3) is 5.97 Å². The summed E-state index contributed by atoms with van der Waals surface area (Å²) in [5.74, 6) is -9.49. The summed E-state index contributed by atoms with van der Waals surface area (Å²) in [4.78, 5) is 25.6. The maximum Gasteiger partial charge on any atom is 0.287 e. The Morgan fingerprint density at radius 3 is 2.21 bits per heavy atom. The van der Waals surface area contributed by atoms with Crippen molar-refractivity contribution in [2.75, 3.05) is 20.3 Å². The van der Waals surface area contributed by atoms with E-state index in [0.29, 0.717) is 16.9 Å². The number of aromatic hydroxyl groups is 1. The molecule has 7 atom stereocenters. The number of ether oxygens (including phenoxy) is 3. The third-order valence-electron chi connectivity index (χ3n) is 9.95. The van der Waals surface area contributed by atoms with Gasteiger partial charge in [0, 0.05) is 42.6 Å². The van der Waals surface area contributed by atoms with E-state index in [4.69, 9.17) is 14.2 Å². The third kappa shape index (κ3) is 5.33. The molecule has 254 valence electrons. The number of ketones is 2. The van der Waals surface area contributed by atoms with Crippen LogP contribution >= 0.6 is 0 Å². The van der Waals surface area contributed by atoms with Gasteiger partial charge in [-0.25, -0.2) is 0 Å². The number of rotatable bonds is 10. The molecule has 2 aromatic carbocycles. The summed E-state index contributed by atoms with van der Waals surface area (Å²) in [6, 6.07) is 10.2. The van der Waals surface area contributed by atoms with Crippen molar-refractivity contribution < 1.29 is 59.5 Å². The predicted octanol–water partition coefficient (Wildman–Crippen LogP) is 3.12. The van der Waals surface area contributed by atoms with Crippen LogP contribution in [0.5, 0.6) is 11.5 Å². The van der Waals surface area contributed by atoms with Gasteiger partial charge in [0.1, 0.15) is 34.7 Å². The zero-order chi connectivity index (χ0) is 34.6. The number of aliphatic hydroxyl groups is 6. The van der Waals surface area contributed by atoms with E-state index in [9.17, 15) is 45.3 Å². The zero-order valence-electron chi connectivity index (χ0n) is 26.9. The van der Waals surface area contributed by atoms with Crippen LogP contribution in [0.1, 0.15) is 74.3 Å². The molecule has 2 aromatic rings. The molecule has 0 fully saturated rings. The van der Waals surface area contributed by atoms with Gasteiger partial charge < -0.3 is 50.0 Å². The van der Waals surface area contributed by atoms with Crippen LogP contribution in [0, 0.1) is 11.8 Å². The monoisotopic (exact) mass is 654 g/mol. The van der Waals surface area contributed by atoms with E-state index in [1.807, 2.05) is 0 Å². The molecular formula is C35H42O12. The largest absolute Gasteiger partial charge is 0.511 e. The molecule has 3 aliphatic rings. The van der Waals surface area contributed by atoms with Gasteiger partial charge in [0.15, 0.2) is 11.4 Å². The average Bonchev–Trinajstić information content (AvgIpc) is 3.02. The third-order valence-corrected chi connectivity index (χ3v) is 9.95. The molecule has 7 unspecified atom stereocenters. The first kappa shape index (κ1) is 34.6. The van der Waals surface area contributed by atoms with E-state index in [1.165, 1.54) is 7.11 Å². The van der Waals surface area contributed by atoms with Crippen molar-refractivity contribution >= 4 is 11.6 Å². The first-order chi connectivity index (χ1) is 22.2. The zero-order valence-corrected chi connectivity index (χ0v) is 26.9. The Morgan fingerprint density at radius 2 is 1.66 bits per heavy atom. The molecule has 7 N–H and O–H groups in total. The molecule has 3 aliphatic carbocycles. The standard InChI is InChI=1S/C35H42O12/c1-6-46-35(44,47-7-2)22(18-8-11-20(45-5)12-9-18)14-19-10-13-21-16(3)25-28(31(40)27(21)29(19)38)33(42)34(43)23(30(25)39)15-24(37)26(17(4)36)32(34)41/h8-13,16,22-23,25,30-31,37-40,42-44H,6-7,14-15H2,1-5H3. The highest BCUT2D eigenvalue weighted by molar-refractivity contribution is 6.24. The summed E-state index contributed by atoms with van der Waals surface area (Å²) in [5.41, 5.74) is -2.45. The summed E-state index contributed by atoms with van der Waals surface area (Å²) in [6.45, 7) is 6.35. The lowest BCUT2D eigenvalue weighted by Gasteiger charge is -2.51.